The fraction of sp³-hybridized carbons (Fsp3) is 0.611. The molecule has 1 aromatic rings. The van der Waals surface area contributed by atoms with Gasteiger partial charge in [0, 0.05) is 0 Å². The summed E-state index contributed by atoms with van der Waals surface area (Å²) in [4.78, 5) is 11.1. The molecule has 0 aromatic heterocycles. The van der Waals surface area contributed by atoms with Crippen molar-refractivity contribution in [1.29, 1.82) is 0 Å². The highest BCUT2D eigenvalue weighted by atomic mass is 16.5. The Hall–Kier alpha value is -1.71. The zero-order chi connectivity index (χ0) is 16.2. The van der Waals surface area contributed by atoms with Gasteiger partial charge in [0.05, 0.1) is 6.61 Å². The molecule has 0 spiro atoms. The number of ether oxygens (including phenoxy) is 1. The van der Waals surface area contributed by atoms with Gasteiger partial charge in [0.25, 0.3) is 0 Å². The zero-order valence-electron chi connectivity index (χ0n) is 13.5. The summed E-state index contributed by atoms with van der Waals surface area (Å²) >= 11 is 0. The van der Waals surface area contributed by atoms with Crippen molar-refractivity contribution in [2.75, 3.05) is 6.61 Å². The Kier molecular flexibility index (Phi) is 9.12. The summed E-state index contributed by atoms with van der Waals surface area (Å²) in [5, 5.41) is 18.6. The average Bonchev–Trinajstić information content (AvgIpc) is 2.48. The van der Waals surface area contributed by atoms with E-state index < -0.39 is 5.97 Å². The molecule has 1 aromatic carbocycles. The molecular weight excluding hydrogens is 280 g/mol. The van der Waals surface area contributed by atoms with Crippen molar-refractivity contribution in [3.05, 3.63) is 23.8 Å². The predicted molar refractivity (Wildman–Crippen MR) is 87.8 cm³/mol. The molecule has 0 unspecified atom stereocenters. The summed E-state index contributed by atoms with van der Waals surface area (Å²) in [6.45, 7) is 2.71. The third-order valence-corrected chi connectivity index (χ3v) is 3.72. The lowest BCUT2D eigenvalue weighted by Gasteiger charge is -2.10. The quantitative estimate of drug-likeness (QED) is 0.533. The number of aromatic hydroxyl groups is 1. The number of rotatable bonds is 12. The number of carboxylic acids is 1. The summed E-state index contributed by atoms with van der Waals surface area (Å²) in [7, 11) is 0. The standard InChI is InChI=1S/C18H28O4/c1-2-3-4-5-6-7-8-9-10-14-22-16-13-11-12-15(19)17(16)18(20)21/h11-13,19H,2-10,14H2,1H3,(H,20,21). The highest BCUT2D eigenvalue weighted by Crippen LogP contribution is 2.27. The van der Waals surface area contributed by atoms with E-state index in [2.05, 4.69) is 6.92 Å². The van der Waals surface area contributed by atoms with Crippen LogP contribution in [0.2, 0.25) is 0 Å². The van der Waals surface area contributed by atoms with Crippen LogP contribution in [0.4, 0.5) is 0 Å². The molecule has 1 rings (SSSR count). The Morgan fingerprint density at radius 2 is 1.59 bits per heavy atom. The summed E-state index contributed by atoms with van der Waals surface area (Å²) in [6, 6.07) is 4.53. The van der Waals surface area contributed by atoms with Gasteiger partial charge in [-0.15, -0.1) is 0 Å². The van der Waals surface area contributed by atoms with Crippen LogP contribution in [0.25, 0.3) is 0 Å². The molecule has 0 heterocycles. The van der Waals surface area contributed by atoms with Crippen molar-refractivity contribution in [2.24, 2.45) is 0 Å². The maximum Gasteiger partial charge on any atom is 0.343 e. The second-order valence-electron chi connectivity index (χ2n) is 5.63. The second-order valence-corrected chi connectivity index (χ2v) is 5.63. The van der Waals surface area contributed by atoms with Gasteiger partial charge < -0.3 is 14.9 Å². The first kappa shape index (κ1) is 18.3. The maximum absolute atomic E-state index is 11.1. The lowest BCUT2D eigenvalue weighted by Crippen LogP contribution is -2.04. The Labute approximate surface area is 133 Å². The van der Waals surface area contributed by atoms with E-state index in [9.17, 15) is 9.90 Å². The predicted octanol–water partition coefficient (Wildman–Crippen LogP) is 5.00. The highest BCUT2D eigenvalue weighted by molar-refractivity contribution is 5.93. The Morgan fingerprint density at radius 1 is 1.00 bits per heavy atom. The van der Waals surface area contributed by atoms with E-state index in [0.29, 0.717) is 6.61 Å². The smallest absolute Gasteiger partial charge is 0.343 e. The molecule has 0 atom stereocenters. The van der Waals surface area contributed by atoms with E-state index >= 15 is 0 Å². The summed E-state index contributed by atoms with van der Waals surface area (Å²) in [6.07, 6.45) is 11.0. The average molecular weight is 308 g/mol. The lowest BCUT2D eigenvalue weighted by atomic mass is 10.1. The Morgan fingerprint density at radius 3 is 2.18 bits per heavy atom. The van der Waals surface area contributed by atoms with Crippen LogP contribution in [0.5, 0.6) is 11.5 Å². The lowest BCUT2D eigenvalue weighted by molar-refractivity contribution is 0.0688. The van der Waals surface area contributed by atoms with Crippen molar-refractivity contribution in [1.82, 2.24) is 0 Å². The summed E-state index contributed by atoms with van der Waals surface area (Å²) in [5.41, 5.74) is -0.154. The number of phenols is 1. The molecule has 0 amide bonds. The Balaban J connectivity index is 2.15. The van der Waals surface area contributed by atoms with Crippen LogP contribution in [0.1, 0.15) is 75.1 Å². The molecule has 2 N–H and O–H groups in total. The van der Waals surface area contributed by atoms with Crippen molar-refractivity contribution in [3.63, 3.8) is 0 Å². The molecular formula is C18H28O4. The molecule has 0 aliphatic heterocycles. The number of unbranched alkanes of at least 4 members (excludes halogenated alkanes) is 8. The van der Waals surface area contributed by atoms with Gasteiger partial charge in [-0.25, -0.2) is 4.79 Å². The van der Waals surface area contributed by atoms with E-state index in [1.165, 1.54) is 51.0 Å². The molecule has 0 radical (unpaired) electrons. The van der Waals surface area contributed by atoms with Gasteiger partial charge in [-0.3, -0.25) is 0 Å². The molecule has 0 fully saturated rings. The molecule has 124 valence electrons. The van der Waals surface area contributed by atoms with E-state index in [4.69, 9.17) is 9.84 Å². The first-order chi connectivity index (χ1) is 10.7. The zero-order valence-corrected chi connectivity index (χ0v) is 13.5. The number of aromatic carboxylic acids is 1. The monoisotopic (exact) mass is 308 g/mol. The third kappa shape index (κ3) is 6.83. The number of carbonyl (C=O) groups is 1. The van der Waals surface area contributed by atoms with E-state index in [-0.39, 0.29) is 17.1 Å². The molecule has 0 bridgehead atoms. The van der Waals surface area contributed by atoms with Crippen molar-refractivity contribution < 1.29 is 19.7 Å². The van der Waals surface area contributed by atoms with Gasteiger partial charge in [-0.05, 0) is 18.6 Å². The van der Waals surface area contributed by atoms with E-state index in [1.807, 2.05) is 0 Å². The van der Waals surface area contributed by atoms with Crippen LogP contribution < -0.4 is 4.74 Å². The van der Waals surface area contributed by atoms with Crippen LogP contribution >= 0.6 is 0 Å². The second kappa shape index (κ2) is 10.9. The molecule has 0 saturated heterocycles. The van der Waals surface area contributed by atoms with Crippen LogP contribution in [0, 0.1) is 0 Å². The van der Waals surface area contributed by atoms with Crippen LogP contribution in [-0.2, 0) is 0 Å². The van der Waals surface area contributed by atoms with Crippen molar-refractivity contribution in [3.8, 4) is 11.5 Å². The van der Waals surface area contributed by atoms with Gasteiger partial charge in [-0.2, -0.15) is 0 Å². The fourth-order valence-corrected chi connectivity index (χ4v) is 2.45. The van der Waals surface area contributed by atoms with Crippen molar-refractivity contribution in [2.45, 2.75) is 64.7 Å². The topological polar surface area (TPSA) is 66.8 Å². The number of hydrogen-bond donors (Lipinski definition) is 2. The van der Waals surface area contributed by atoms with Gasteiger partial charge in [0.2, 0.25) is 0 Å². The van der Waals surface area contributed by atoms with Crippen LogP contribution in [0.3, 0.4) is 0 Å². The number of hydrogen-bond acceptors (Lipinski definition) is 3. The third-order valence-electron chi connectivity index (χ3n) is 3.72. The van der Waals surface area contributed by atoms with Crippen LogP contribution in [-0.4, -0.2) is 22.8 Å². The molecule has 22 heavy (non-hydrogen) atoms. The van der Waals surface area contributed by atoms with Gasteiger partial charge in [0.15, 0.2) is 0 Å². The van der Waals surface area contributed by atoms with Gasteiger partial charge in [-0.1, -0.05) is 64.4 Å². The minimum atomic E-state index is -1.17. The summed E-state index contributed by atoms with van der Waals surface area (Å²) < 4.78 is 5.50. The first-order valence-corrected chi connectivity index (χ1v) is 8.35. The van der Waals surface area contributed by atoms with Crippen molar-refractivity contribution >= 4 is 5.97 Å². The maximum atomic E-state index is 11.1. The first-order valence-electron chi connectivity index (χ1n) is 8.35. The minimum absolute atomic E-state index is 0.154. The minimum Gasteiger partial charge on any atom is -0.507 e. The van der Waals surface area contributed by atoms with E-state index in [0.717, 1.165) is 12.8 Å². The Bertz CT molecular complexity index is 443. The number of carboxylic acid groups (broad SMARTS) is 1. The molecule has 0 aliphatic rings. The van der Waals surface area contributed by atoms with Gasteiger partial charge >= 0.3 is 5.97 Å². The normalized spacial score (nSPS) is 10.6. The molecule has 0 saturated carbocycles. The number of benzene rings is 1. The SMILES string of the molecule is CCCCCCCCCCCOc1cccc(O)c1C(=O)O. The highest BCUT2D eigenvalue weighted by Gasteiger charge is 2.15. The molecule has 4 heteroatoms. The fourth-order valence-electron chi connectivity index (χ4n) is 2.45. The molecule has 4 nitrogen and oxygen atoms in total. The van der Waals surface area contributed by atoms with E-state index in [1.54, 1.807) is 12.1 Å². The summed E-state index contributed by atoms with van der Waals surface area (Å²) in [5.74, 6) is -1.18. The van der Waals surface area contributed by atoms with Crippen LogP contribution in [0.15, 0.2) is 18.2 Å². The van der Waals surface area contributed by atoms with Gasteiger partial charge in [0.1, 0.15) is 17.1 Å². The molecule has 0 aliphatic carbocycles. The largest absolute Gasteiger partial charge is 0.507 e.